The third-order valence-electron chi connectivity index (χ3n) is 2.47. The second-order valence-electron chi connectivity index (χ2n) is 3.89. The molecule has 0 spiro atoms. The van der Waals surface area contributed by atoms with E-state index in [0.717, 1.165) is 0 Å². The van der Waals surface area contributed by atoms with Gasteiger partial charge in [-0.2, -0.15) is 0 Å². The van der Waals surface area contributed by atoms with Crippen LogP contribution in [0.1, 0.15) is 24.0 Å². The van der Waals surface area contributed by atoms with Crippen LogP contribution < -0.4 is 5.32 Å². The molecule has 1 aromatic rings. The summed E-state index contributed by atoms with van der Waals surface area (Å²) in [7, 11) is 0. The van der Waals surface area contributed by atoms with Gasteiger partial charge in [0.25, 0.3) is 0 Å². The Hall–Kier alpha value is -1.09. The van der Waals surface area contributed by atoms with E-state index in [-0.39, 0.29) is 11.6 Å². The number of aromatic hydroxyl groups is 1. The molecule has 0 bridgehead atoms. The van der Waals surface area contributed by atoms with Gasteiger partial charge in [-0.3, -0.25) is 0 Å². The Bertz CT molecular complexity index is 347. The molecule has 0 atom stereocenters. The lowest BCUT2D eigenvalue weighted by molar-refractivity contribution is 0.469. The predicted octanol–water partition coefficient (Wildman–Crippen LogP) is 2.09. The van der Waals surface area contributed by atoms with Crippen LogP contribution in [0.2, 0.25) is 0 Å². The molecule has 0 heterocycles. The van der Waals surface area contributed by atoms with Crippen LogP contribution in [-0.4, -0.2) is 11.1 Å². The highest BCUT2D eigenvalue weighted by molar-refractivity contribution is 5.34. The van der Waals surface area contributed by atoms with E-state index in [1.165, 1.54) is 25.0 Å². The fourth-order valence-corrected chi connectivity index (χ4v) is 1.49. The lowest BCUT2D eigenvalue weighted by Crippen LogP contribution is -2.16. The predicted molar refractivity (Wildman–Crippen MR) is 52.7 cm³/mol. The van der Waals surface area contributed by atoms with Crippen LogP contribution in [0.3, 0.4) is 0 Å². The summed E-state index contributed by atoms with van der Waals surface area (Å²) < 4.78 is 13.5. The average Bonchev–Trinajstić information content (AvgIpc) is 2.92. The van der Waals surface area contributed by atoms with E-state index in [1.54, 1.807) is 6.92 Å². The molecular formula is C11H14FNO. The van der Waals surface area contributed by atoms with E-state index in [9.17, 15) is 9.50 Å². The normalized spacial score (nSPS) is 15.9. The molecule has 2 rings (SSSR count). The monoisotopic (exact) mass is 195 g/mol. The SMILES string of the molecule is Cc1cc(O)cc(CNC2CC2)c1F. The standard InChI is InChI=1S/C11H14FNO/c1-7-4-10(14)5-8(11(7)12)6-13-9-2-3-9/h4-5,9,13-14H,2-3,6H2,1H3. The molecule has 0 radical (unpaired) electrons. The second kappa shape index (κ2) is 3.58. The number of benzene rings is 1. The zero-order valence-electron chi connectivity index (χ0n) is 8.18. The minimum atomic E-state index is -0.212. The summed E-state index contributed by atoms with van der Waals surface area (Å²) >= 11 is 0. The van der Waals surface area contributed by atoms with Gasteiger partial charge in [-0.25, -0.2) is 4.39 Å². The van der Waals surface area contributed by atoms with Crippen LogP contribution in [0.15, 0.2) is 12.1 Å². The van der Waals surface area contributed by atoms with Crippen LogP contribution in [0.5, 0.6) is 5.75 Å². The number of rotatable bonds is 3. The van der Waals surface area contributed by atoms with Crippen LogP contribution in [0, 0.1) is 12.7 Å². The van der Waals surface area contributed by atoms with Crippen molar-refractivity contribution in [2.45, 2.75) is 32.4 Å². The van der Waals surface area contributed by atoms with E-state index in [1.807, 2.05) is 0 Å². The van der Waals surface area contributed by atoms with Gasteiger partial charge in [0.05, 0.1) is 0 Å². The molecule has 76 valence electrons. The van der Waals surface area contributed by atoms with Gasteiger partial charge in [-0.05, 0) is 37.5 Å². The van der Waals surface area contributed by atoms with Gasteiger partial charge in [0.15, 0.2) is 0 Å². The fourth-order valence-electron chi connectivity index (χ4n) is 1.49. The summed E-state index contributed by atoms with van der Waals surface area (Å²) in [5.41, 5.74) is 1.05. The van der Waals surface area contributed by atoms with Crippen LogP contribution in [0.4, 0.5) is 4.39 Å². The first-order valence-electron chi connectivity index (χ1n) is 4.88. The summed E-state index contributed by atoms with van der Waals surface area (Å²) in [5, 5.41) is 12.5. The lowest BCUT2D eigenvalue weighted by atomic mass is 10.1. The number of hydrogen-bond donors (Lipinski definition) is 2. The Labute approximate surface area is 82.8 Å². The molecule has 0 unspecified atom stereocenters. The van der Waals surface area contributed by atoms with Gasteiger partial charge >= 0.3 is 0 Å². The van der Waals surface area contributed by atoms with Crippen molar-refractivity contribution < 1.29 is 9.50 Å². The maximum atomic E-state index is 13.5. The highest BCUT2D eigenvalue weighted by atomic mass is 19.1. The van der Waals surface area contributed by atoms with Crippen molar-refractivity contribution in [3.05, 3.63) is 29.1 Å². The summed E-state index contributed by atoms with van der Waals surface area (Å²) in [5.74, 6) is -0.0764. The average molecular weight is 195 g/mol. The summed E-state index contributed by atoms with van der Waals surface area (Å²) in [6.45, 7) is 2.17. The fraction of sp³-hybridized carbons (Fsp3) is 0.455. The quantitative estimate of drug-likeness (QED) is 0.774. The second-order valence-corrected chi connectivity index (χ2v) is 3.89. The molecule has 1 saturated carbocycles. The van der Waals surface area contributed by atoms with Crippen LogP contribution in [0.25, 0.3) is 0 Å². The number of nitrogens with one attached hydrogen (secondary N) is 1. The van der Waals surface area contributed by atoms with E-state index < -0.39 is 0 Å². The van der Waals surface area contributed by atoms with Gasteiger partial charge in [0, 0.05) is 18.2 Å². The van der Waals surface area contributed by atoms with Crippen molar-refractivity contribution in [3.8, 4) is 5.75 Å². The van der Waals surface area contributed by atoms with Gasteiger partial charge < -0.3 is 10.4 Å². The van der Waals surface area contributed by atoms with Gasteiger partial charge in [0.1, 0.15) is 11.6 Å². The minimum absolute atomic E-state index is 0.136. The third kappa shape index (κ3) is 2.04. The Kier molecular flexibility index (Phi) is 2.42. The maximum absolute atomic E-state index is 13.5. The van der Waals surface area contributed by atoms with Crippen molar-refractivity contribution >= 4 is 0 Å². The van der Waals surface area contributed by atoms with Gasteiger partial charge in [-0.15, -0.1) is 0 Å². The lowest BCUT2D eigenvalue weighted by Gasteiger charge is -2.07. The molecule has 3 heteroatoms. The number of phenolic OH excluding ortho intramolecular Hbond substituents is 1. The number of phenols is 1. The molecule has 1 aromatic carbocycles. The van der Waals surface area contributed by atoms with Crippen molar-refractivity contribution in [2.75, 3.05) is 0 Å². The number of hydrogen-bond acceptors (Lipinski definition) is 2. The number of halogens is 1. The number of aryl methyl sites for hydroxylation is 1. The molecule has 0 aromatic heterocycles. The zero-order chi connectivity index (χ0) is 10.1. The van der Waals surface area contributed by atoms with Crippen molar-refractivity contribution in [1.29, 1.82) is 0 Å². The molecule has 2 nitrogen and oxygen atoms in total. The van der Waals surface area contributed by atoms with Gasteiger partial charge in [0.2, 0.25) is 0 Å². The van der Waals surface area contributed by atoms with E-state index in [2.05, 4.69) is 5.32 Å². The summed E-state index contributed by atoms with van der Waals surface area (Å²) in [4.78, 5) is 0. The molecule has 14 heavy (non-hydrogen) atoms. The molecule has 1 aliphatic rings. The first kappa shape index (κ1) is 9.46. The Morgan fingerprint density at radius 2 is 2.21 bits per heavy atom. The largest absolute Gasteiger partial charge is 0.508 e. The first-order valence-corrected chi connectivity index (χ1v) is 4.88. The van der Waals surface area contributed by atoms with E-state index in [4.69, 9.17) is 0 Å². The first-order chi connectivity index (χ1) is 6.66. The minimum Gasteiger partial charge on any atom is -0.508 e. The smallest absolute Gasteiger partial charge is 0.130 e. The summed E-state index contributed by atoms with van der Waals surface area (Å²) in [6.07, 6.45) is 2.36. The Morgan fingerprint density at radius 3 is 2.86 bits per heavy atom. The van der Waals surface area contributed by atoms with Crippen molar-refractivity contribution in [3.63, 3.8) is 0 Å². The van der Waals surface area contributed by atoms with Crippen LogP contribution in [-0.2, 0) is 6.54 Å². The Morgan fingerprint density at radius 1 is 1.50 bits per heavy atom. The van der Waals surface area contributed by atoms with Crippen molar-refractivity contribution in [1.82, 2.24) is 5.32 Å². The molecule has 1 aliphatic carbocycles. The molecular weight excluding hydrogens is 181 g/mol. The molecule has 0 amide bonds. The Balaban J connectivity index is 2.13. The molecule has 1 fully saturated rings. The molecule has 0 aliphatic heterocycles. The van der Waals surface area contributed by atoms with E-state index in [0.29, 0.717) is 23.7 Å². The molecule has 2 N–H and O–H groups in total. The highest BCUT2D eigenvalue weighted by Crippen LogP contribution is 2.22. The van der Waals surface area contributed by atoms with Crippen LogP contribution >= 0.6 is 0 Å². The topological polar surface area (TPSA) is 32.3 Å². The van der Waals surface area contributed by atoms with Crippen molar-refractivity contribution in [2.24, 2.45) is 0 Å². The van der Waals surface area contributed by atoms with Gasteiger partial charge in [-0.1, -0.05) is 0 Å². The third-order valence-corrected chi connectivity index (χ3v) is 2.47. The van der Waals surface area contributed by atoms with E-state index >= 15 is 0 Å². The molecule has 0 saturated heterocycles. The highest BCUT2D eigenvalue weighted by Gasteiger charge is 2.20. The zero-order valence-corrected chi connectivity index (χ0v) is 8.18. The summed E-state index contributed by atoms with van der Waals surface area (Å²) in [6, 6.07) is 3.48. The maximum Gasteiger partial charge on any atom is 0.130 e.